The number of hydrogen-bond donors (Lipinski definition) is 3. The second kappa shape index (κ2) is 73.0. The van der Waals surface area contributed by atoms with Crippen molar-refractivity contribution in [3.8, 4) is 0 Å². The molecule has 0 aromatic rings. The third kappa shape index (κ3) is 74.1. The zero-order chi connectivity index (χ0) is 72.7. The van der Waals surface area contributed by atoms with Crippen LogP contribution in [-0.4, -0.2) is 96.7 Å². The number of esters is 4. The van der Waals surface area contributed by atoms with Gasteiger partial charge in [-0.1, -0.05) is 375 Å². The van der Waals surface area contributed by atoms with Gasteiger partial charge in [0.2, 0.25) is 0 Å². The van der Waals surface area contributed by atoms with Crippen molar-refractivity contribution in [2.45, 2.75) is 445 Å². The van der Waals surface area contributed by atoms with Crippen LogP contribution in [0.15, 0.2) is 0 Å². The first-order chi connectivity index (χ1) is 48.0. The van der Waals surface area contributed by atoms with Crippen LogP contribution in [0.3, 0.4) is 0 Å². The largest absolute Gasteiger partial charge is 0.472 e. The molecule has 0 bridgehead atoms. The summed E-state index contributed by atoms with van der Waals surface area (Å²) in [5.41, 5.74) is 0. The molecule has 99 heavy (non-hydrogen) atoms. The molecule has 0 aromatic carbocycles. The predicted octanol–water partition coefficient (Wildman–Crippen LogP) is 24.0. The monoisotopic (exact) mass is 1450 g/mol. The van der Waals surface area contributed by atoms with E-state index in [2.05, 4.69) is 34.6 Å². The summed E-state index contributed by atoms with van der Waals surface area (Å²) in [6, 6.07) is 0. The Morgan fingerprint density at radius 1 is 0.273 bits per heavy atom. The summed E-state index contributed by atoms with van der Waals surface area (Å²) >= 11 is 0. The normalized spacial score (nSPS) is 13.9. The van der Waals surface area contributed by atoms with Gasteiger partial charge in [0.05, 0.1) is 26.4 Å². The van der Waals surface area contributed by atoms with Gasteiger partial charge < -0.3 is 33.8 Å². The van der Waals surface area contributed by atoms with Gasteiger partial charge in [-0.05, 0) is 31.6 Å². The summed E-state index contributed by atoms with van der Waals surface area (Å²) in [6.07, 6.45) is 63.8. The second-order valence-corrected chi connectivity index (χ2v) is 32.2. The maximum atomic E-state index is 13.1. The predicted molar refractivity (Wildman–Crippen MR) is 405 cm³/mol. The number of ether oxygens (including phenoxy) is 4. The van der Waals surface area contributed by atoms with Crippen molar-refractivity contribution in [2.75, 3.05) is 39.6 Å². The molecule has 0 rings (SSSR count). The van der Waals surface area contributed by atoms with Crippen LogP contribution in [0, 0.1) is 5.92 Å². The van der Waals surface area contributed by atoms with Gasteiger partial charge in [0.1, 0.15) is 19.3 Å². The smallest absolute Gasteiger partial charge is 0.462 e. The molecular weight excluding hydrogens is 1290 g/mol. The van der Waals surface area contributed by atoms with Crippen molar-refractivity contribution < 1.29 is 80.2 Å². The fourth-order valence-corrected chi connectivity index (χ4v) is 14.0. The molecule has 0 aliphatic carbocycles. The lowest BCUT2D eigenvalue weighted by Crippen LogP contribution is -2.30. The lowest BCUT2D eigenvalue weighted by molar-refractivity contribution is -0.161. The first kappa shape index (κ1) is 97.1. The van der Waals surface area contributed by atoms with E-state index in [1.807, 2.05) is 0 Å². The number of unbranched alkanes of at least 4 members (excludes halogenated alkanes) is 52. The Morgan fingerprint density at radius 2 is 0.465 bits per heavy atom. The van der Waals surface area contributed by atoms with Gasteiger partial charge in [-0.2, -0.15) is 0 Å². The summed E-state index contributed by atoms with van der Waals surface area (Å²) in [6.45, 7) is 7.35. The average Bonchev–Trinajstić information content (AvgIpc) is 1.47. The maximum absolute atomic E-state index is 13.1. The van der Waals surface area contributed by atoms with Gasteiger partial charge in [-0.25, -0.2) is 9.13 Å². The molecule has 3 N–H and O–H groups in total. The molecule has 19 heteroatoms. The van der Waals surface area contributed by atoms with Gasteiger partial charge in [0.25, 0.3) is 0 Å². The number of aliphatic hydroxyl groups is 1. The van der Waals surface area contributed by atoms with Crippen LogP contribution in [0.25, 0.3) is 0 Å². The molecule has 0 radical (unpaired) electrons. The molecular formula is C80H156O17P2. The number of rotatable bonds is 80. The van der Waals surface area contributed by atoms with E-state index in [1.54, 1.807) is 0 Å². The molecule has 0 fully saturated rings. The Bertz CT molecular complexity index is 1890. The molecule has 588 valence electrons. The fourth-order valence-electron chi connectivity index (χ4n) is 12.4. The van der Waals surface area contributed by atoms with Crippen molar-refractivity contribution in [3.05, 3.63) is 0 Å². The van der Waals surface area contributed by atoms with Crippen LogP contribution < -0.4 is 0 Å². The van der Waals surface area contributed by atoms with Crippen molar-refractivity contribution in [1.29, 1.82) is 0 Å². The average molecular weight is 1450 g/mol. The molecule has 0 aliphatic heterocycles. The van der Waals surface area contributed by atoms with Gasteiger partial charge in [-0.3, -0.25) is 37.3 Å². The van der Waals surface area contributed by atoms with E-state index in [4.69, 9.17) is 37.0 Å². The highest BCUT2D eigenvalue weighted by Gasteiger charge is 2.30. The van der Waals surface area contributed by atoms with E-state index in [0.29, 0.717) is 25.7 Å². The van der Waals surface area contributed by atoms with Crippen LogP contribution in [0.1, 0.15) is 426 Å². The number of aliphatic hydroxyl groups excluding tert-OH is 1. The molecule has 0 aromatic heterocycles. The Morgan fingerprint density at radius 3 is 0.687 bits per heavy atom. The highest BCUT2D eigenvalue weighted by molar-refractivity contribution is 7.47. The molecule has 0 heterocycles. The molecule has 0 saturated carbocycles. The molecule has 2 unspecified atom stereocenters. The first-order valence-corrected chi connectivity index (χ1v) is 44.6. The maximum Gasteiger partial charge on any atom is 0.472 e. The van der Waals surface area contributed by atoms with E-state index >= 15 is 0 Å². The zero-order valence-corrected chi connectivity index (χ0v) is 66.4. The van der Waals surface area contributed by atoms with Crippen molar-refractivity contribution in [3.63, 3.8) is 0 Å². The number of hydrogen-bond acceptors (Lipinski definition) is 15. The Hall–Kier alpha value is -1.94. The molecule has 0 aliphatic rings. The number of carbonyl (C=O) groups is 4. The third-order valence-corrected chi connectivity index (χ3v) is 20.7. The highest BCUT2D eigenvalue weighted by atomic mass is 31.2. The minimum atomic E-state index is -4.96. The SMILES string of the molecule is CCCCCCCCCCCCCCCCCCC(=O)OC[C@H](COP(=O)(O)OC[C@@H](O)COP(=O)(O)OC[C@@H](COC(=O)CCCCCCCCCCCCC)OC(=O)CCCCCCCCCCCCC)OC(=O)CCCCCCCCCCCCCCCCCCCCC(C)C. The first-order valence-electron chi connectivity index (χ1n) is 41.6. The summed E-state index contributed by atoms with van der Waals surface area (Å²) in [5, 5.41) is 10.6. The Kier molecular flexibility index (Phi) is 71.6. The van der Waals surface area contributed by atoms with Gasteiger partial charge in [0, 0.05) is 25.7 Å². The molecule has 17 nitrogen and oxygen atoms in total. The van der Waals surface area contributed by atoms with E-state index < -0.39 is 97.5 Å². The van der Waals surface area contributed by atoms with E-state index in [1.165, 1.54) is 250 Å². The Labute approximate surface area is 607 Å². The summed E-state index contributed by atoms with van der Waals surface area (Å²) in [4.78, 5) is 72.9. The summed E-state index contributed by atoms with van der Waals surface area (Å²) in [5.74, 6) is -1.29. The quantitative estimate of drug-likeness (QED) is 0.0222. The molecule has 0 saturated heterocycles. The van der Waals surface area contributed by atoms with Gasteiger partial charge in [0.15, 0.2) is 12.2 Å². The van der Waals surface area contributed by atoms with Crippen LogP contribution in [0.2, 0.25) is 0 Å². The van der Waals surface area contributed by atoms with Crippen molar-refractivity contribution in [1.82, 2.24) is 0 Å². The summed E-state index contributed by atoms with van der Waals surface area (Å²) < 4.78 is 68.6. The Balaban J connectivity index is 5.21. The van der Waals surface area contributed by atoms with Crippen LogP contribution in [0.5, 0.6) is 0 Å². The standard InChI is InChI=1S/C80H156O17P2/c1-6-9-12-15-18-21-24-25-26-32-35-40-44-49-54-59-64-78(83)91-70-76(97-80(85)66-61-56-51-46-41-36-33-30-28-27-29-31-34-39-42-47-52-57-62-73(4)5)72-95-99(88,89)93-68-74(81)67-92-98(86,87)94-71-75(96-79(84)65-60-55-50-45-38-23-20-17-14-11-8-3)69-90-77(82)63-58-53-48-43-37-22-19-16-13-10-7-2/h73-76,81H,6-72H2,1-5H3,(H,86,87)(H,88,89)/t74-,75+,76+/m0/s1. The van der Waals surface area contributed by atoms with Crippen LogP contribution in [0.4, 0.5) is 0 Å². The number of carbonyl (C=O) groups excluding carboxylic acids is 4. The van der Waals surface area contributed by atoms with E-state index in [0.717, 1.165) is 95.8 Å². The third-order valence-electron chi connectivity index (χ3n) is 18.8. The van der Waals surface area contributed by atoms with Gasteiger partial charge in [-0.15, -0.1) is 0 Å². The second-order valence-electron chi connectivity index (χ2n) is 29.3. The topological polar surface area (TPSA) is 237 Å². The summed E-state index contributed by atoms with van der Waals surface area (Å²) in [7, 11) is -9.91. The lowest BCUT2D eigenvalue weighted by atomic mass is 10.0. The molecule has 0 amide bonds. The van der Waals surface area contributed by atoms with Crippen molar-refractivity contribution >= 4 is 39.5 Å². The zero-order valence-electron chi connectivity index (χ0n) is 64.6. The molecule has 0 spiro atoms. The lowest BCUT2D eigenvalue weighted by Gasteiger charge is -2.21. The van der Waals surface area contributed by atoms with Crippen molar-refractivity contribution in [2.24, 2.45) is 5.92 Å². The fraction of sp³-hybridized carbons (Fsp3) is 0.950. The van der Waals surface area contributed by atoms with Crippen LogP contribution in [-0.2, 0) is 65.4 Å². The highest BCUT2D eigenvalue weighted by Crippen LogP contribution is 2.45. The minimum Gasteiger partial charge on any atom is -0.462 e. The number of phosphoric acid groups is 2. The van der Waals surface area contributed by atoms with E-state index in [-0.39, 0.29) is 25.7 Å². The molecule has 5 atom stereocenters. The number of phosphoric ester groups is 2. The minimum absolute atomic E-state index is 0.108. The van der Waals surface area contributed by atoms with Crippen LogP contribution >= 0.6 is 15.6 Å². The van der Waals surface area contributed by atoms with E-state index in [9.17, 15) is 43.2 Å². The van der Waals surface area contributed by atoms with Gasteiger partial charge >= 0.3 is 39.5 Å².